The minimum Gasteiger partial charge on any atom is -0.330 e. The van der Waals surface area contributed by atoms with Crippen molar-refractivity contribution in [3.63, 3.8) is 0 Å². The summed E-state index contributed by atoms with van der Waals surface area (Å²) in [6.45, 7) is 6.26. The molecule has 0 aliphatic carbocycles. The van der Waals surface area contributed by atoms with Gasteiger partial charge in [0.15, 0.2) is 0 Å². The van der Waals surface area contributed by atoms with E-state index in [4.69, 9.17) is 17.3 Å². The third-order valence-corrected chi connectivity index (χ3v) is 3.09. The number of nitrogens with two attached hydrogens (primary N) is 1. The molecular formula is C13H19ClN2O. The van der Waals surface area contributed by atoms with Gasteiger partial charge in [-0.05, 0) is 30.5 Å². The Bertz CT molecular complexity index is 404. The van der Waals surface area contributed by atoms with E-state index in [0.29, 0.717) is 11.6 Å². The van der Waals surface area contributed by atoms with Crippen LogP contribution in [0.5, 0.6) is 0 Å². The van der Waals surface area contributed by atoms with E-state index in [-0.39, 0.29) is 17.7 Å². The van der Waals surface area contributed by atoms with E-state index in [2.05, 4.69) is 5.32 Å². The number of anilines is 1. The van der Waals surface area contributed by atoms with Gasteiger partial charge < -0.3 is 11.1 Å². The molecule has 0 fully saturated rings. The normalized spacial score (nSPS) is 12.6. The van der Waals surface area contributed by atoms with Crippen LogP contribution in [0.2, 0.25) is 5.02 Å². The Kier molecular flexibility index (Phi) is 4.97. The maximum Gasteiger partial charge on any atom is 0.229 e. The summed E-state index contributed by atoms with van der Waals surface area (Å²) in [7, 11) is 0. The molecule has 4 heteroatoms. The van der Waals surface area contributed by atoms with Gasteiger partial charge >= 0.3 is 0 Å². The van der Waals surface area contributed by atoms with Crippen LogP contribution in [0, 0.1) is 18.8 Å². The van der Waals surface area contributed by atoms with E-state index in [0.717, 1.165) is 11.3 Å². The molecule has 1 aromatic carbocycles. The standard InChI is InChI=1S/C13H19ClN2O/c1-8(2)11(7-15)13(17)16-12-6-10(14)5-4-9(12)3/h4-6,8,11H,7,15H2,1-3H3,(H,16,17). The van der Waals surface area contributed by atoms with Crippen molar-refractivity contribution in [2.45, 2.75) is 20.8 Å². The molecule has 94 valence electrons. The highest BCUT2D eigenvalue weighted by molar-refractivity contribution is 6.31. The number of nitrogens with one attached hydrogen (secondary N) is 1. The van der Waals surface area contributed by atoms with Crippen LogP contribution in [0.15, 0.2) is 18.2 Å². The van der Waals surface area contributed by atoms with Crippen molar-refractivity contribution in [1.82, 2.24) is 0 Å². The van der Waals surface area contributed by atoms with Crippen molar-refractivity contribution in [2.75, 3.05) is 11.9 Å². The lowest BCUT2D eigenvalue weighted by Crippen LogP contribution is -2.33. The number of benzene rings is 1. The Morgan fingerprint density at radius 3 is 2.65 bits per heavy atom. The fourth-order valence-electron chi connectivity index (χ4n) is 1.64. The maximum atomic E-state index is 12.0. The van der Waals surface area contributed by atoms with Crippen molar-refractivity contribution < 1.29 is 4.79 Å². The number of carbonyl (C=O) groups is 1. The van der Waals surface area contributed by atoms with Crippen LogP contribution in [-0.2, 0) is 4.79 Å². The summed E-state index contributed by atoms with van der Waals surface area (Å²) in [4.78, 5) is 12.0. The first-order chi connectivity index (χ1) is 7.95. The Morgan fingerprint density at radius 2 is 2.12 bits per heavy atom. The predicted molar refractivity (Wildman–Crippen MR) is 72.2 cm³/mol. The third kappa shape index (κ3) is 3.72. The highest BCUT2D eigenvalue weighted by atomic mass is 35.5. The summed E-state index contributed by atoms with van der Waals surface area (Å²) in [5.74, 6) is 0.000684. The lowest BCUT2D eigenvalue weighted by atomic mass is 9.95. The fourth-order valence-corrected chi connectivity index (χ4v) is 1.81. The SMILES string of the molecule is Cc1ccc(Cl)cc1NC(=O)C(CN)C(C)C. The molecule has 0 saturated heterocycles. The number of rotatable bonds is 4. The molecule has 0 aliphatic heterocycles. The molecule has 0 saturated carbocycles. The maximum absolute atomic E-state index is 12.0. The van der Waals surface area contributed by atoms with Crippen LogP contribution in [0.3, 0.4) is 0 Å². The van der Waals surface area contributed by atoms with Gasteiger partial charge in [-0.25, -0.2) is 0 Å². The second-order valence-corrected chi connectivity index (χ2v) is 4.97. The molecule has 0 aliphatic rings. The molecule has 1 aromatic rings. The predicted octanol–water partition coefficient (Wildman–Crippen LogP) is 2.82. The molecule has 17 heavy (non-hydrogen) atoms. The van der Waals surface area contributed by atoms with Crippen LogP contribution in [-0.4, -0.2) is 12.5 Å². The van der Waals surface area contributed by atoms with Gasteiger partial charge in [0, 0.05) is 17.3 Å². The Balaban J connectivity index is 2.83. The molecule has 0 heterocycles. The van der Waals surface area contributed by atoms with E-state index in [1.165, 1.54) is 0 Å². The fraction of sp³-hybridized carbons (Fsp3) is 0.462. The Hall–Kier alpha value is -1.06. The van der Waals surface area contributed by atoms with Crippen molar-refractivity contribution >= 4 is 23.2 Å². The van der Waals surface area contributed by atoms with Crippen molar-refractivity contribution in [1.29, 1.82) is 0 Å². The van der Waals surface area contributed by atoms with Gasteiger partial charge in [0.1, 0.15) is 0 Å². The summed E-state index contributed by atoms with van der Waals surface area (Å²) in [6.07, 6.45) is 0. The average molecular weight is 255 g/mol. The third-order valence-electron chi connectivity index (χ3n) is 2.85. The van der Waals surface area contributed by atoms with Crippen LogP contribution < -0.4 is 11.1 Å². The largest absolute Gasteiger partial charge is 0.330 e. The zero-order valence-corrected chi connectivity index (χ0v) is 11.2. The first kappa shape index (κ1) is 14.0. The second kappa shape index (κ2) is 6.03. The Labute approximate surface area is 107 Å². The van der Waals surface area contributed by atoms with E-state index >= 15 is 0 Å². The molecule has 3 N–H and O–H groups in total. The van der Waals surface area contributed by atoms with E-state index in [1.54, 1.807) is 12.1 Å². The van der Waals surface area contributed by atoms with Crippen LogP contribution >= 0.6 is 11.6 Å². The van der Waals surface area contributed by atoms with Crippen molar-refractivity contribution in [3.05, 3.63) is 28.8 Å². The number of hydrogen-bond acceptors (Lipinski definition) is 2. The molecule has 1 rings (SSSR count). The minimum absolute atomic E-state index is 0.0483. The van der Waals surface area contributed by atoms with Gasteiger partial charge in [-0.3, -0.25) is 4.79 Å². The number of halogens is 1. The zero-order chi connectivity index (χ0) is 13.0. The second-order valence-electron chi connectivity index (χ2n) is 4.53. The smallest absolute Gasteiger partial charge is 0.229 e. The van der Waals surface area contributed by atoms with Crippen molar-refractivity contribution in [3.8, 4) is 0 Å². The summed E-state index contributed by atoms with van der Waals surface area (Å²) < 4.78 is 0. The molecule has 1 amide bonds. The summed E-state index contributed by atoms with van der Waals surface area (Å²) in [6, 6.07) is 5.43. The van der Waals surface area contributed by atoms with E-state index in [1.807, 2.05) is 26.8 Å². The van der Waals surface area contributed by atoms with E-state index < -0.39 is 0 Å². The highest BCUT2D eigenvalue weighted by Crippen LogP contribution is 2.21. The first-order valence-electron chi connectivity index (χ1n) is 5.72. The lowest BCUT2D eigenvalue weighted by Gasteiger charge is -2.19. The van der Waals surface area contributed by atoms with Gasteiger partial charge in [-0.2, -0.15) is 0 Å². The summed E-state index contributed by atoms with van der Waals surface area (Å²) >= 11 is 5.90. The van der Waals surface area contributed by atoms with Gasteiger partial charge in [-0.15, -0.1) is 0 Å². The lowest BCUT2D eigenvalue weighted by molar-refractivity contribution is -0.120. The number of amides is 1. The van der Waals surface area contributed by atoms with Gasteiger partial charge in [0.05, 0.1) is 5.92 Å². The quantitative estimate of drug-likeness (QED) is 0.868. The summed E-state index contributed by atoms with van der Waals surface area (Å²) in [5.41, 5.74) is 7.35. The monoisotopic (exact) mass is 254 g/mol. The highest BCUT2D eigenvalue weighted by Gasteiger charge is 2.20. The zero-order valence-electron chi connectivity index (χ0n) is 10.5. The minimum atomic E-state index is -0.173. The molecule has 1 unspecified atom stereocenters. The van der Waals surface area contributed by atoms with E-state index in [9.17, 15) is 4.79 Å². The molecule has 0 bridgehead atoms. The van der Waals surface area contributed by atoms with Crippen LogP contribution in [0.1, 0.15) is 19.4 Å². The number of aryl methyl sites for hydroxylation is 1. The van der Waals surface area contributed by atoms with Crippen LogP contribution in [0.25, 0.3) is 0 Å². The van der Waals surface area contributed by atoms with Crippen LogP contribution in [0.4, 0.5) is 5.69 Å². The molecule has 0 aromatic heterocycles. The number of carbonyl (C=O) groups excluding carboxylic acids is 1. The summed E-state index contributed by atoms with van der Waals surface area (Å²) in [5, 5.41) is 3.49. The molecular weight excluding hydrogens is 236 g/mol. The van der Waals surface area contributed by atoms with Gasteiger partial charge in [0.25, 0.3) is 0 Å². The molecule has 0 radical (unpaired) electrons. The topological polar surface area (TPSA) is 55.1 Å². The van der Waals surface area contributed by atoms with Crippen molar-refractivity contribution in [2.24, 2.45) is 17.6 Å². The Morgan fingerprint density at radius 1 is 1.47 bits per heavy atom. The molecule has 0 spiro atoms. The first-order valence-corrected chi connectivity index (χ1v) is 6.10. The molecule has 3 nitrogen and oxygen atoms in total. The van der Waals surface area contributed by atoms with Gasteiger partial charge in [-0.1, -0.05) is 31.5 Å². The molecule has 1 atom stereocenters. The van der Waals surface area contributed by atoms with Gasteiger partial charge in [0.2, 0.25) is 5.91 Å². The number of hydrogen-bond donors (Lipinski definition) is 2. The average Bonchev–Trinajstić information content (AvgIpc) is 2.24.